The average molecular weight is 293 g/mol. The maximum absolute atomic E-state index is 6.08. The Morgan fingerprint density at radius 2 is 1.95 bits per heavy atom. The van der Waals surface area contributed by atoms with Crippen molar-refractivity contribution < 1.29 is 13.9 Å². The highest BCUT2D eigenvalue weighted by molar-refractivity contribution is 5.20. The largest absolute Gasteiger partial charge is 0.465 e. The van der Waals surface area contributed by atoms with Crippen molar-refractivity contribution in [1.29, 1.82) is 0 Å². The molecular weight excluding hydrogens is 266 g/mol. The lowest BCUT2D eigenvalue weighted by Gasteiger charge is -2.31. The van der Waals surface area contributed by atoms with E-state index >= 15 is 0 Å². The fourth-order valence-corrected chi connectivity index (χ4v) is 3.04. The van der Waals surface area contributed by atoms with Gasteiger partial charge in [-0.1, -0.05) is 0 Å². The van der Waals surface area contributed by atoms with Gasteiger partial charge in [-0.2, -0.15) is 0 Å². The molecule has 1 aromatic rings. The van der Waals surface area contributed by atoms with Crippen molar-refractivity contribution in [3.8, 4) is 0 Å². The Morgan fingerprint density at radius 1 is 1.24 bits per heavy atom. The Hall–Kier alpha value is -0.840. The van der Waals surface area contributed by atoms with Gasteiger partial charge in [0.15, 0.2) is 0 Å². The van der Waals surface area contributed by atoms with Gasteiger partial charge in [0, 0.05) is 11.6 Å². The number of furan rings is 1. The third-order valence-electron chi connectivity index (χ3n) is 4.34. The summed E-state index contributed by atoms with van der Waals surface area (Å²) in [7, 11) is 0. The summed E-state index contributed by atoms with van der Waals surface area (Å²) in [5.74, 6) is 2.00. The van der Waals surface area contributed by atoms with Crippen molar-refractivity contribution >= 4 is 0 Å². The van der Waals surface area contributed by atoms with Crippen LogP contribution in [0, 0.1) is 6.92 Å². The molecule has 2 unspecified atom stereocenters. The predicted octanol–water partition coefficient (Wildman–Crippen LogP) is 3.31. The van der Waals surface area contributed by atoms with Crippen molar-refractivity contribution in [2.24, 2.45) is 0 Å². The molecule has 118 valence electrons. The Balaban J connectivity index is 1.49. The van der Waals surface area contributed by atoms with Crippen LogP contribution in [0.2, 0.25) is 0 Å². The molecule has 21 heavy (non-hydrogen) atoms. The quantitative estimate of drug-likeness (QED) is 0.874. The molecule has 2 heterocycles. The van der Waals surface area contributed by atoms with Gasteiger partial charge in [0.2, 0.25) is 0 Å². The lowest BCUT2D eigenvalue weighted by Crippen LogP contribution is -2.34. The molecule has 0 radical (unpaired) electrons. The first kappa shape index (κ1) is 15.1. The van der Waals surface area contributed by atoms with E-state index in [9.17, 15) is 0 Å². The molecule has 2 aliphatic rings. The predicted molar refractivity (Wildman–Crippen MR) is 81.1 cm³/mol. The van der Waals surface area contributed by atoms with Crippen LogP contribution in [0.3, 0.4) is 0 Å². The first-order valence-corrected chi connectivity index (χ1v) is 8.18. The van der Waals surface area contributed by atoms with Crippen molar-refractivity contribution in [3.63, 3.8) is 0 Å². The van der Waals surface area contributed by atoms with Gasteiger partial charge in [0.1, 0.15) is 11.5 Å². The van der Waals surface area contributed by atoms with Gasteiger partial charge in [-0.25, -0.2) is 0 Å². The molecule has 1 saturated carbocycles. The molecule has 0 bridgehead atoms. The maximum Gasteiger partial charge on any atom is 0.118 e. The summed E-state index contributed by atoms with van der Waals surface area (Å²) >= 11 is 0. The lowest BCUT2D eigenvalue weighted by atomic mass is 10.0. The highest BCUT2D eigenvalue weighted by Crippen LogP contribution is 2.24. The molecule has 0 amide bonds. The molecule has 1 aliphatic carbocycles. The second-order valence-electron chi connectivity index (χ2n) is 6.61. The van der Waals surface area contributed by atoms with Crippen LogP contribution in [0.15, 0.2) is 10.5 Å². The number of hydrogen-bond acceptors (Lipinski definition) is 4. The Labute approximate surface area is 127 Å². The van der Waals surface area contributed by atoms with Crippen molar-refractivity contribution in [2.75, 3.05) is 0 Å². The van der Waals surface area contributed by atoms with E-state index in [1.54, 1.807) is 0 Å². The highest BCUT2D eigenvalue weighted by atomic mass is 16.5. The smallest absolute Gasteiger partial charge is 0.118 e. The first-order valence-electron chi connectivity index (χ1n) is 8.18. The van der Waals surface area contributed by atoms with E-state index in [1.807, 2.05) is 6.92 Å². The highest BCUT2D eigenvalue weighted by Gasteiger charge is 2.25. The van der Waals surface area contributed by atoms with Gasteiger partial charge in [-0.3, -0.25) is 0 Å². The molecule has 2 fully saturated rings. The summed E-state index contributed by atoms with van der Waals surface area (Å²) < 4.78 is 17.6. The maximum atomic E-state index is 6.08. The third kappa shape index (κ3) is 4.31. The monoisotopic (exact) mass is 293 g/mol. The van der Waals surface area contributed by atoms with Gasteiger partial charge in [0.05, 0.1) is 31.5 Å². The molecule has 1 aliphatic heterocycles. The fourth-order valence-electron chi connectivity index (χ4n) is 3.04. The van der Waals surface area contributed by atoms with Crippen LogP contribution in [0.25, 0.3) is 0 Å². The first-order chi connectivity index (χ1) is 10.1. The van der Waals surface area contributed by atoms with Gasteiger partial charge in [-0.15, -0.1) is 0 Å². The van der Waals surface area contributed by atoms with Gasteiger partial charge < -0.3 is 19.2 Å². The molecule has 1 aromatic heterocycles. The van der Waals surface area contributed by atoms with Gasteiger partial charge >= 0.3 is 0 Å². The summed E-state index contributed by atoms with van der Waals surface area (Å²) in [6.07, 6.45) is 5.45. The van der Waals surface area contributed by atoms with E-state index in [1.165, 1.54) is 18.4 Å². The van der Waals surface area contributed by atoms with Crippen LogP contribution in [0.4, 0.5) is 0 Å². The van der Waals surface area contributed by atoms with E-state index in [0.29, 0.717) is 31.0 Å². The van der Waals surface area contributed by atoms with Crippen LogP contribution in [0.1, 0.15) is 56.6 Å². The minimum atomic E-state index is 0.294. The van der Waals surface area contributed by atoms with E-state index < -0.39 is 0 Å². The number of rotatable bonds is 6. The molecule has 4 heteroatoms. The second kappa shape index (κ2) is 6.51. The Bertz CT molecular complexity index is 457. The summed E-state index contributed by atoms with van der Waals surface area (Å²) in [4.78, 5) is 0. The molecule has 0 aromatic carbocycles. The summed E-state index contributed by atoms with van der Waals surface area (Å²) in [6.45, 7) is 7.74. The summed E-state index contributed by atoms with van der Waals surface area (Å²) in [5, 5.41) is 3.48. The molecule has 4 nitrogen and oxygen atoms in total. The van der Waals surface area contributed by atoms with E-state index in [-0.39, 0.29) is 0 Å². The zero-order chi connectivity index (χ0) is 14.8. The second-order valence-corrected chi connectivity index (χ2v) is 6.61. The van der Waals surface area contributed by atoms with Crippen LogP contribution in [-0.4, -0.2) is 24.4 Å². The van der Waals surface area contributed by atoms with Crippen LogP contribution < -0.4 is 5.32 Å². The molecule has 1 saturated heterocycles. The molecule has 3 rings (SSSR count). The zero-order valence-electron chi connectivity index (χ0n) is 13.4. The van der Waals surface area contributed by atoms with Crippen LogP contribution in [0.5, 0.6) is 0 Å². The Kier molecular flexibility index (Phi) is 4.67. The van der Waals surface area contributed by atoms with E-state index in [2.05, 4.69) is 25.2 Å². The van der Waals surface area contributed by atoms with E-state index in [4.69, 9.17) is 13.9 Å². The average Bonchev–Trinajstić information content (AvgIpc) is 3.17. The topological polar surface area (TPSA) is 43.6 Å². The SMILES string of the molecule is Cc1oc(CNC2CC2)cc1COC1CC(C)OC(C)C1. The molecule has 1 N–H and O–H groups in total. The standard InChI is InChI=1S/C17H27NO3/c1-11-6-16(7-12(2)20-11)19-10-14-8-17(21-13(14)3)9-18-15-4-5-15/h8,11-12,15-16,18H,4-7,9-10H2,1-3H3. The molecule has 2 atom stereocenters. The zero-order valence-corrected chi connectivity index (χ0v) is 13.4. The number of nitrogens with one attached hydrogen (secondary N) is 1. The van der Waals surface area contributed by atoms with Crippen molar-refractivity contribution in [1.82, 2.24) is 5.32 Å². The number of aryl methyl sites for hydroxylation is 1. The normalized spacial score (nSPS) is 29.8. The van der Waals surface area contributed by atoms with Gasteiger partial charge in [-0.05, 0) is 52.5 Å². The molecular formula is C17H27NO3. The number of hydrogen-bond donors (Lipinski definition) is 1. The minimum Gasteiger partial charge on any atom is -0.465 e. The number of ether oxygens (including phenoxy) is 2. The third-order valence-corrected chi connectivity index (χ3v) is 4.34. The van der Waals surface area contributed by atoms with Crippen LogP contribution in [-0.2, 0) is 22.6 Å². The molecule has 0 spiro atoms. The van der Waals surface area contributed by atoms with Gasteiger partial charge in [0.25, 0.3) is 0 Å². The fraction of sp³-hybridized carbons (Fsp3) is 0.765. The van der Waals surface area contributed by atoms with E-state index in [0.717, 1.165) is 30.9 Å². The summed E-state index contributed by atoms with van der Waals surface area (Å²) in [5.41, 5.74) is 1.18. The minimum absolute atomic E-state index is 0.294. The lowest BCUT2D eigenvalue weighted by molar-refractivity contribution is -0.106. The van der Waals surface area contributed by atoms with Crippen molar-refractivity contribution in [2.45, 2.75) is 84.0 Å². The van der Waals surface area contributed by atoms with Crippen LogP contribution >= 0.6 is 0 Å². The summed E-state index contributed by atoms with van der Waals surface area (Å²) in [6, 6.07) is 2.84. The Morgan fingerprint density at radius 3 is 2.62 bits per heavy atom. The van der Waals surface area contributed by atoms with Crippen molar-refractivity contribution in [3.05, 3.63) is 23.2 Å².